The maximum Gasteiger partial charge on any atom is 2.00 e. The van der Waals surface area contributed by atoms with E-state index in [1.807, 2.05) is 96.3 Å². The van der Waals surface area contributed by atoms with Crippen molar-refractivity contribution in [3.8, 4) is 0 Å². The van der Waals surface area contributed by atoms with Gasteiger partial charge in [-0.3, -0.25) is 14.4 Å². The topological polar surface area (TPSA) is 105 Å². The number of alkyl halides is 1. The number of aromatic carboxylic acids is 1. The van der Waals surface area contributed by atoms with Gasteiger partial charge in [-0.25, -0.2) is 41.7 Å². The molecule has 7 aromatic rings. The van der Waals surface area contributed by atoms with Crippen LogP contribution in [0.2, 0.25) is 0 Å². The smallest absolute Gasteiger partial charge is 1.00 e. The van der Waals surface area contributed by atoms with E-state index in [4.69, 9.17) is 5.11 Å². The van der Waals surface area contributed by atoms with E-state index in [1.165, 1.54) is 52.3 Å². The first-order valence-electron chi connectivity index (χ1n) is 20.7. The van der Waals surface area contributed by atoms with Crippen molar-refractivity contribution in [2.24, 2.45) is 0 Å². The van der Waals surface area contributed by atoms with Crippen LogP contribution in [-0.4, -0.2) is 134 Å². The van der Waals surface area contributed by atoms with Gasteiger partial charge < -0.3 is 31.2 Å². The van der Waals surface area contributed by atoms with Crippen LogP contribution in [0.15, 0.2) is 180 Å². The number of hydroxylamine groups is 3. The number of thioether (sulfide) groups is 3. The number of hydrogen-bond acceptors (Lipinski definition) is 10. The summed E-state index contributed by atoms with van der Waals surface area (Å²) in [4.78, 5) is 48.9. The molecular weight excluding hydrogens is 1450 g/mol. The van der Waals surface area contributed by atoms with Crippen LogP contribution < -0.4 is 52.0 Å². The zero-order valence-electron chi connectivity index (χ0n) is 47.3. The fourth-order valence-corrected chi connectivity index (χ4v) is 7.40. The first-order chi connectivity index (χ1) is 35.3. The van der Waals surface area contributed by atoms with Crippen molar-refractivity contribution in [1.29, 1.82) is 0 Å². The van der Waals surface area contributed by atoms with E-state index in [9.17, 15) is 40.7 Å². The van der Waals surface area contributed by atoms with E-state index in [-0.39, 0.29) is 128 Å². The Balaban J connectivity index is -0.000000109. The monoisotopic (exact) mass is 1500 g/mol. The van der Waals surface area contributed by atoms with Gasteiger partial charge in [0.2, 0.25) is 0 Å². The molecule has 0 saturated carbocycles. The van der Waals surface area contributed by atoms with Crippen LogP contribution in [0.5, 0.6) is 0 Å². The molecule has 79 heavy (non-hydrogen) atoms. The number of ketones is 1. The Hall–Kier alpha value is -1.22. The van der Waals surface area contributed by atoms with E-state index >= 15 is 0 Å². The third-order valence-electron chi connectivity index (χ3n) is 8.44. The first kappa shape index (κ1) is 89.0. The Morgan fingerprint density at radius 3 is 1.39 bits per heavy atom. The molecule has 3 radical (unpaired) electrons. The molecule has 0 bridgehead atoms. The number of carbonyl (C=O) groups excluding carboxylic acids is 2. The van der Waals surface area contributed by atoms with Crippen LogP contribution in [0.3, 0.4) is 0 Å². The second kappa shape index (κ2) is 53.5. The van der Waals surface area contributed by atoms with Gasteiger partial charge in [0.05, 0.1) is 19.8 Å². The summed E-state index contributed by atoms with van der Waals surface area (Å²) < 4.78 is 77.9. The molecule has 1 amide bonds. The summed E-state index contributed by atoms with van der Waals surface area (Å²) in [6, 6.07) is 42.6. The molecule has 2 N–H and O–H groups in total. The summed E-state index contributed by atoms with van der Waals surface area (Å²) in [7, 11) is 5.96. The number of hydrogen-bond donors (Lipinski definition) is 3. The molecule has 0 aliphatic heterocycles. The van der Waals surface area contributed by atoms with Gasteiger partial charge >= 0.3 is 81.6 Å². The SMILES string of the molecule is CI.CNOC.CON(C)C(=O)c1ccc(F)c(F)c1.CSc1[c-]cccc1.CSc1ccccc1Br.CSc1ccccc1C(=O)c1ccc(F)c(F)c1.O=C(O)c1ccc(F)c(F)c1.Sc1ccccc1Br.[B].[Br-].[H-].[H-].[H-].[Mg+2].[Mg+2].[Na+]. The second-order valence-corrected chi connectivity index (χ2v) is 17.9. The van der Waals surface area contributed by atoms with Crippen LogP contribution in [0.25, 0.3) is 0 Å². The quantitative estimate of drug-likeness (QED) is 0.0149. The molecule has 0 aliphatic carbocycles. The van der Waals surface area contributed by atoms with Gasteiger partial charge in [0.1, 0.15) is 0 Å². The predicted molar refractivity (Wildman–Crippen MR) is 328 cm³/mol. The molecule has 0 aliphatic rings. The van der Waals surface area contributed by atoms with Crippen LogP contribution in [0.1, 0.15) is 40.9 Å². The van der Waals surface area contributed by atoms with Gasteiger partial charge in [0, 0.05) is 62.8 Å². The van der Waals surface area contributed by atoms with Crippen molar-refractivity contribution in [3.63, 3.8) is 0 Å². The van der Waals surface area contributed by atoms with Crippen LogP contribution in [0, 0.1) is 41.0 Å². The van der Waals surface area contributed by atoms with E-state index < -0.39 is 46.8 Å². The molecule has 8 nitrogen and oxygen atoms in total. The molecule has 0 fully saturated rings. The van der Waals surface area contributed by atoms with Gasteiger partial charge in [0.15, 0.2) is 40.7 Å². The number of thiol groups is 1. The molecule has 0 unspecified atom stereocenters. The summed E-state index contributed by atoms with van der Waals surface area (Å²) >= 11 is 18.0. The fourth-order valence-electron chi connectivity index (χ4n) is 4.71. The minimum atomic E-state index is -1.27. The van der Waals surface area contributed by atoms with Crippen molar-refractivity contribution < 1.29 is 106 Å². The standard InChI is InChI=1S/C14H10F2OS.C9H9F2NO2.C7H7BrS.C7H4F2O2.C7H7S.C6H5BrS.C2H7NO.CH3I.B.BrH.2Mg.Na.3H/c1-18-13-5-3-2-4-10(13)14(17)9-6-7-11(15)12(16)8-9;1-12(14-2)9(13)6-3-4-7(10)8(11)5-6;1-9-7-5-3-2-4-6(7)8;8-5-2-1-4(7(10)11)3-6(5)9;1-8-7-5-3-2-4-6-7;7-5-3-1-2-4-6(5)8;1-3-4-2;1-2;;;;;;;;/h2-8H,1H3;3-5H,1-2H3;2-5H,1H3;1-3H,(H,10,11);2-5H,1H3;1-4,8H;3H,1-2H3;1H3;;1H;;;;;;/q;;;;-1;;;;;;2*+2;+1;3*-1/p-1. The number of nitrogens with one attached hydrogen (secondary N) is 1. The van der Waals surface area contributed by atoms with Crippen LogP contribution >= 0.6 is 102 Å². The van der Waals surface area contributed by atoms with Crippen molar-refractivity contribution >= 4 is 175 Å². The third-order valence-corrected chi connectivity index (χ3v) is 13.1. The molecule has 7 aromatic carbocycles. The van der Waals surface area contributed by atoms with Crippen molar-refractivity contribution in [1.82, 2.24) is 10.5 Å². The molecular formula is C53H55BBr3F6IMg2N2NaO6S4. The minimum Gasteiger partial charge on any atom is -1.00 e. The fraction of sp³-hybridized carbons (Fsp3) is 0.151. The maximum absolute atomic E-state index is 13.1. The number of carbonyl (C=O) groups is 3. The Morgan fingerprint density at radius 1 is 0.633 bits per heavy atom. The Bertz CT molecular complexity index is 2790. The number of carboxylic acid groups (broad SMARTS) is 1. The van der Waals surface area contributed by atoms with Gasteiger partial charge in [-0.2, -0.15) is 42.1 Å². The van der Waals surface area contributed by atoms with Crippen molar-refractivity contribution in [2.75, 3.05) is 52.0 Å². The number of nitrogens with zero attached hydrogens (tertiary/aromatic N) is 1. The number of carboxylic acids is 1. The average molecular weight is 1510 g/mol. The summed E-state index contributed by atoms with van der Waals surface area (Å²) in [6.45, 7) is 0. The minimum absolute atomic E-state index is 0. The Kier molecular flexibility index (Phi) is 60.3. The first-order valence-corrected chi connectivity index (χ1v) is 28.5. The maximum atomic E-state index is 13.1. The van der Waals surface area contributed by atoms with E-state index in [0.29, 0.717) is 11.6 Å². The summed E-state index contributed by atoms with van der Waals surface area (Å²) in [6.07, 6.45) is 5.98. The zero-order valence-corrected chi connectivity index (χ0v) is 59.4. The van der Waals surface area contributed by atoms with Gasteiger partial charge in [-0.15, -0.1) is 41.0 Å². The number of rotatable bonds is 9. The van der Waals surface area contributed by atoms with Gasteiger partial charge in [-0.05, 0) is 147 Å². The second-order valence-electron chi connectivity index (χ2n) is 13.1. The largest absolute Gasteiger partial charge is 2.00 e. The van der Waals surface area contributed by atoms with E-state index in [1.54, 1.807) is 49.8 Å². The summed E-state index contributed by atoms with van der Waals surface area (Å²) in [5.74, 6) is -8.32. The summed E-state index contributed by atoms with van der Waals surface area (Å²) in [5.41, 5.74) is 2.85. The van der Waals surface area contributed by atoms with E-state index in [2.05, 4.69) is 101 Å². The van der Waals surface area contributed by atoms with Crippen molar-refractivity contribution in [2.45, 2.75) is 19.6 Å². The average Bonchev–Trinajstić information content (AvgIpc) is 3.43. The number of benzene rings is 7. The van der Waals surface area contributed by atoms with Crippen LogP contribution in [0.4, 0.5) is 26.3 Å². The zero-order chi connectivity index (χ0) is 56.2. The normalized spacial score (nSPS) is 8.89. The number of amides is 1. The molecule has 0 saturated heterocycles. The van der Waals surface area contributed by atoms with Gasteiger partial charge in [0.25, 0.3) is 5.91 Å². The van der Waals surface area contributed by atoms with Crippen LogP contribution in [-0.2, 0) is 9.68 Å². The van der Waals surface area contributed by atoms with Gasteiger partial charge in [-0.1, -0.05) is 59.0 Å². The molecule has 0 atom stereocenters. The number of halogens is 10. The summed E-state index contributed by atoms with van der Waals surface area (Å²) in [5, 5.41) is 9.23. The molecule has 0 spiro atoms. The third kappa shape index (κ3) is 37.0. The van der Waals surface area contributed by atoms with E-state index in [0.717, 1.165) is 55.7 Å². The molecule has 415 valence electrons. The predicted octanol–water partition coefficient (Wildman–Crippen LogP) is 9.32. The Morgan fingerprint density at radius 2 is 1.04 bits per heavy atom. The van der Waals surface area contributed by atoms with Crippen molar-refractivity contribution in [3.05, 3.63) is 224 Å². The molecule has 7 rings (SSSR count). The molecule has 26 heteroatoms. The molecule has 0 heterocycles. The molecule has 0 aromatic heterocycles. The Labute approximate surface area is 579 Å².